The van der Waals surface area contributed by atoms with Crippen LogP contribution in [0.15, 0.2) is 0 Å². The number of amides is 2. The molecule has 0 aliphatic carbocycles. The zero-order valence-corrected chi connectivity index (χ0v) is 16.1. The van der Waals surface area contributed by atoms with Gasteiger partial charge in [-0.15, -0.1) is 0 Å². The van der Waals surface area contributed by atoms with Crippen molar-refractivity contribution in [2.75, 3.05) is 0 Å². The topological polar surface area (TPSA) is 201 Å². The average Bonchev–Trinajstić information content (AvgIpc) is 2.57. The van der Waals surface area contributed by atoms with Crippen molar-refractivity contribution in [3.05, 3.63) is 0 Å². The number of carboxylic acids is 2. The molecule has 2 amide bonds. The highest BCUT2D eigenvalue weighted by molar-refractivity contribution is 5.90. The summed E-state index contributed by atoms with van der Waals surface area (Å²) in [6.07, 6.45) is -4.95. The SMILES string of the molecule is CC(C)C[C@H](NC(=O)[C@@H]([NH3+])CCC(=O)O)C(=O)N[C@@H](CC(F)F)C(O)(O)C(=O)O. The average molecular weight is 428 g/mol. The second-order valence-electron chi connectivity index (χ2n) is 7.04. The van der Waals surface area contributed by atoms with E-state index in [1.165, 1.54) is 0 Å². The molecule has 0 aliphatic heterocycles. The predicted octanol–water partition coefficient (Wildman–Crippen LogP) is -2.10. The summed E-state index contributed by atoms with van der Waals surface area (Å²) < 4.78 is 25.4. The molecule has 0 unspecified atom stereocenters. The van der Waals surface area contributed by atoms with Gasteiger partial charge in [-0.05, 0) is 12.3 Å². The van der Waals surface area contributed by atoms with E-state index in [0.29, 0.717) is 0 Å². The van der Waals surface area contributed by atoms with Crippen molar-refractivity contribution in [3.8, 4) is 0 Å². The molecule has 29 heavy (non-hydrogen) atoms. The summed E-state index contributed by atoms with van der Waals surface area (Å²) >= 11 is 0. The molecule has 0 bridgehead atoms. The minimum Gasteiger partial charge on any atom is -0.481 e. The molecule has 0 aromatic heterocycles. The van der Waals surface area contributed by atoms with Crippen LogP contribution in [0.2, 0.25) is 0 Å². The van der Waals surface area contributed by atoms with Gasteiger partial charge in [0.15, 0.2) is 6.04 Å². The number of hydrogen-bond donors (Lipinski definition) is 7. The lowest BCUT2D eigenvalue weighted by Gasteiger charge is -2.30. The molecule has 0 fully saturated rings. The van der Waals surface area contributed by atoms with Crippen LogP contribution in [0.5, 0.6) is 0 Å². The highest BCUT2D eigenvalue weighted by Crippen LogP contribution is 2.16. The van der Waals surface area contributed by atoms with E-state index in [1.807, 2.05) is 5.32 Å². The number of hydrogen-bond acceptors (Lipinski definition) is 6. The van der Waals surface area contributed by atoms with Crippen molar-refractivity contribution in [1.82, 2.24) is 10.6 Å². The molecule has 0 aromatic carbocycles. The summed E-state index contributed by atoms with van der Waals surface area (Å²) in [5, 5.41) is 40.7. The predicted molar refractivity (Wildman–Crippen MR) is 92.3 cm³/mol. The van der Waals surface area contributed by atoms with E-state index in [2.05, 4.69) is 11.1 Å². The number of halogens is 2. The molecule has 3 atom stereocenters. The Kier molecular flexibility index (Phi) is 10.6. The summed E-state index contributed by atoms with van der Waals surface area (Å²) in [5.41, 5.74) is 3.50. The fourth-order valence-electron chi connectivity index (χ4n) is 2.34. The van der Waals surface area contributed by atoms with E-state index in [4.69, 9.17) is 10.2 Å². The van der Waals surface area contributed by atoms with Gasteiger partial charge in [0.2, 0.25) is 12.3 Å². The smallest absolute Gasteiger partial charge is 0.366 e. The van der Waals surface area contributed by atoms with Gasteiger partial charge in [-0.2, -0.15) is 0 Å². The van der Waals surface area contributed by atoms with Gasteiger partial charge in [0.05, 0.1) is 12.5 Å². The third kappa shape index (κ3) is 9.58. The van der Waals surface area contributed by atoms with E-state index in [1.54, 1.807) is 13.8 Å². The Morgan fingerprint density at radius 3 is 1.97 bits per heavy atom. The maximum atomic E-state index is 12.7. The number of carbonyl (C=O) groups is 4. The van der Waals surface area contributed by atoms with E-state index >= 15 is 0 Å². The number of carbonyl (C=O) groups excluding carboxylic acids is 2. The monoisotopic (exact) mass is 428 g/mol. The van der Waals surface area contributed by atoms with Crippen LogP contribution in [0.3, 0.4) is 0 Å². The second kappa shape index (κ2) is 11.6. The van der Waals surface area contributed by atoms with Crippen molar-refractivity contribution in [2.45, 2.75) is 69.9 Å². The van der Waals surface area contributed by atoms with E-state index in [9.17, 15) is 38.2 Å². The van der Waals surface area contributed by atoms with Crippen LogP contribution in [0.1, 0.15) is 39.5 Å². The summed E-state index contributed by atoms with van der Waals surface area (Å²) in [5.74, 6) is -9.08. The summed E-state index contributed by atoms with van der Waals surface area (Å²) in [6.45, 7) is 3.38. The van der Waals surface area contributed by atoms with Crippen molar-refractivity contribution in [1.29, 1.82) is 0 Å². The van der Waals surface area contributed by atoms with Gasteiger partial charge in [-0.3, -0.25) is 14.4 Å². The van der Waals surface area contributed by atoms with Crippen LogP contribution in [0.4, 0.5) is 8.78 Å². The molecule has 0 spiro atoms. The molecule has 0 rings (SSSR count). The normalized spacial score (nSPS) is 14.9. The van der Waals surface area contributed by atoms with Gasteiger partial charge in [-0.1, -0.05) is 13.8 Å². The number of nitrogens with one attached hydrogen (secondary N) is 2. The Balaban J connectivity index is 5.37. The first kappa shape index (κ1) is 26.6. The molecule has 11 nitrogen and oxygen atoms in total. The lowest BCUT2D eigenvalue weighted by Crippen LogP contribution is -2.69. The maximum Gasteiger partial charge on any atom is 0.366 e. The molecule has 0 radical (unpaired) electrons. The molecule has 9 N–H and O–H groups in total. The lowest BCUT2D eigenvalue weighted by atomic mass is 9.99. The van der Waals surface area contributed by atoms with Gasteiger partial charge in [0, 0.05) is 12.8 Å². The largest absolute Gasteiger partial charge is 0.481 e. The Morgan fingerprint density at radius 1 is 1.00 bits per heavy atom. The molecule has 0 aliphatic rings. The fourth-order valence-corrected chi connectivity index (χ4v) is 2.34. The zero-order valence-electron chi connectivity index (χ0n) is 16.1. The summed E-state index contributed by atoms with van der Waals surface area (Å²) in [4.78, 5) is 46.2. The number of carboxylic acid groups (broad SMARTS) is 2. The Labute approximate surface area is 165 Å². The minimum atomic E-state index is -3.66. The molecule has 0 saturated carbocycles. The van der Waals surface area contributed by atoms with E-state index < -0.39 is 60.5 Å². The summed E-state index contributed by atoms with van der Waals surface area (Å²) in [7, 11) is 0. The molecule has 0 heterocycles. The fraction of sp³-hybridized carbons (Fsp3) is 0.750. The number of alkyl halides is 2. The first-order valence-electron chi connectivity index (χ1n) is 8.80. The van der Waals surface area contributed by atoms with Gasteiger partial charge >= 0.3 is 11.9 Å². The van der Waals surface area contributed by atoms with Crippen molar-refractivity contribution in [3.63, 3.8) is 0 Å². The minimum absolute atomic E-state index is 0.0154. The van der Waals surface area contributed by atoms with Gasteiger partial charge < -0.3 is 36.8 Å². The first-order valence-corrected chi connectivity index (χ1v) is 8.80. The van der Waals surface area contributed by atoms with Crippen LogP contribution in [0.25, 0.3) is 0 Å². The number of aliphatic carboxylic acids is 2. The Hall–Kier alpha value is -2.38. The first-order chi connectivity index (χ1) is 13.2. The van der Waals surface area contributed by atoms with E-state index in [-0.39, 0.29) is 25.2 Å². The van der Waals surface area contributed by atoms with Gasteiger partial charge in [0.25, 0.3) is 11.7 Å². The Morgan fingerprint density at radius 2 is 1.55 bits per heavy atom. The molecular weight excluding hydrogens is 400 g/mol. The van der Waals surface area contributed by atoms with E-state index in [0.717, 1.165) is 0 Å². The number of aliphatic hydroxyl groups is 2. The van der Waals surface area contributed by atoms with Crippen molar-refractivity contribution < 1.29 is 54.1 Å². The molecular formula is C16H28F2N3O8+. The standard InChI is InChI=1S/C16H27F2N3O8/c1-7(2)5-9(20-13(24)8(19)3-4-12(22)23)14(25)21-10(6-11(17)18)16(28,29)15(26)27/h7-11,28-29H,3-6,19H2,1-2H3,(H,20,24)(H,21,25)(H,22,23)(H,26,27)/p+1/t8-,9-,10-/m0/s1. The lowest BCUT2D eigenvalue weighted by molar-refractivity contribution is -0.405. The zero-order chi connectivity index (χ0) is 22.9. The molecule has 13 heteroatoms. The Bertz CT molecular complexity index is 601. The van der Waals surface area contributed by atoms with Crippen LogP contribution < -0.4 is 16.4 Å². The molecule has 0 saturated heterocycles. The summed E-state index contributed by atoms with van der Waals surface area (Å²) in [6, 6.07) is -4.58. The van der Waals surface area contributed by atoms with Crippen LogP contribution >= 0.6 is 0 Å². The van der Waals surface area contributed by atoms with Crippen LogP contribution in [0, 0.1) is 5.92 Å². The molecule has 168 valence electrons. The quantitative estimate of drug-likeness (QED) is 0.162. The van der Waals surface area contributed by atoms with Gasteiger partial charge in [0.1, 0.15) is 6.04 Å². The number of quaternary nitrogens is 1. The van der Waals surface area contributed by atoms with Crippen LogP contribution in [-0.2, 0) is 19.2 Å². The highest BCUT2D eigenvalue weighted by Gasteiger charge is 2.45. The third-order valence-corrected chi connectivity index (χ3v) is 3.95. The van der Waals surface area contributed by atoms with Crippen LogP contribution in [-0.4, -0.2) is 74.5 Å². The van der Waals surface area contributed by atoms with Crippen molar-refractivity contribution >= 4 is 23.8 Å². The second-order valence-corrected chi connectivity index (χ2v) is 7.04. The molecule has 0 aromatic rings. The third-order valence-electron chi connectivity index (χ3n) is 3.95. The highest BCUT2D eigenvalue weighted by atomic mass is 19.3. The maximum absolute atomic E-state index is 12.7. The number of rotatable bonds is 13. The van der Waals surface area contributed by atoms with Gasteiger partial charge in [-0.25, -0.2) is 13.6 Å². The van der Waals surface area contributed by atoms with Crippen molar-refractivity contribution in [2.24, 2.45) is 5.92 Å².